The number of nitrogens with zero attached hydrogens (tertiary/aromatic N) is 3. The molecule has 1 aromatic heterocycles. The van der Waals surface area contributed by atoms with Gasteiger partial charge in [-0.1, -0.05) is 25.6 Å². The summed E-state index contributed by atoms with van der Waals surface area (Å²) < 4.78 is 11.1. The number of nitrogens with one attached hydrogen (secondary N) is 1. The van der Waals surface area contributed by atoms with Crippen LogP contribution in [-0.4, -0.2) is 65.3 Å². The molecule has 0 spiro atoms. The van der Waals surface area contributed by atoms with Crippen molar-refractivity contribution in [1.29, 1.82) is 0 Å². The van der Waals surface area contributed by atoms with E-state index in [1.807, 2.05) is 24.3 Å². The van der Waals surface area contributed by atoms with Crippen LogP contribution < -0.4 is 4.74 Å². The van der Waals surface area contributed by atoms with Gasteiger partial charge < -0.3 is 9.47 Å². The molecular weight excluding hydrogens is 336 g/mol. The Bertz CT molecular complexity index is 659. The molecule has 0 bridgehead atoms. The zero-order chi connectivity index (χ0) is 17.6. The van der Waals surface area contributed by atoms with Gasteiger partial charge in [-0.15, -0.1) is 5.10 Å². The van der Waals surface area contributed by atoms with E-state index in [1.165, 1.54) is 0 Å². The van der Waals surface area contributed by atoms with Gasteiger partial charge in [0.2, 0.25) is 5.16 Å². The normalized spacial score (nSPS) is 18.6. The number of benzene rings is 1. The van der Waals surface area contributed by atoms with E-state index in [4.69, 9.17) is 9.47 Å². The minimum absolute atomic E-state index is 0.237. The summed E-state index contributed by atoms with van der Waals surface area (Å²) >= 11 is 1.64. The fourth-order valence-electron chi connectivity index (χ4n) is 2.92. The van der Waals surface area contributed by atoms with Crippen molar-refractivity contribution in [3.63, 3.8) is 0 Å². The van der Waals surface area contributed by atoms with E-state index in [1.54, 1.807) is 18.9 Å². The van der Waals surface area contributed by atoms with E-state index in [-0.39, 0.29) is 6.10 Å². The summed E-state index contributed by atoms with van der Waals surface area (Å²) in [4.78, 5) is 7.06. The molecule has 1 atom stereocenters. The Morgan fingerprint density at radius 1 is 1.36 bits per heavy atom. The summed E-state index contributed by atoms with van der Waals surface area (Å²) in [5.74, 6) is 3.16. The first-order chi connectivity index (χ1) is 12.1. The van der Waals surface area contributed by atoms with Crippen molar-refractivity contribution in [2.45, 2.75) is 25.1 Å². The number of morpholine rings is 1. The van der Waals surface area contributed by atoms with Gasteiger partial charge in [0.05, 0.1) is 19.8 Å². The second-order valence-corrected chi connectivity index (χ2v) is 7.64. The minimum Gasteiger partial charge on any atom is -0.497 e. The summed E-state index contributed by atoms with van der Waals surface area (Å²) in [5, 5.41) is 8.08. The highest BCUT2D eigenvalue weighted by Crippen LogP contribution is 2.23. The Kier molecular flexibility index (Phi) is 6.34. The van der Waals surface area contributed by atoms with Crippen molar-refractivity contribution in [1.82, 2.24) is 20.1 Å². The smallest absolute Gasteiger partial charge is 0.208 e. The number of rotatable bonds is 7. The fraction of sp³-hybridized carbons (Fsp3) is 0.556. The second-order valence-electron chi connectivity index (χ2n) is 6.65. The van der Waals surface area contributed by atoms with Crippen LogP contribution in [0.2, 0.25) is 0 Å². The summed E-state index contributed by atoms with van der Waals surface area (Å²) in [6.45, 7) is 8.47. The fourth-order valence-corrected chi connectivity index (χ4v) is 3.72. The predicted octanol–water partition coefficient (Wildman–Crippen LogP) is 2.93. The first-order valence-corrected chi connectivity index (χ1v) is 9.66. The van der Waals surface area contributed by atoms with Gasteiger partial charge in [-0.05, 0) is 30.2 Å². The highest BCUT2D eigenvalue weighted by atomic mass is 32.2. The number of thioether (sulfide) groups is 1. The molecule has 2 heterocycles. The molecular formula is C18H26N4O2S. The Morgan fingerprint density at radius 2 is 2.16 bits per heavy atom. The monoisotopic (exact) mass is 362 g/mol. The SMILES string of the molecule is COc1ccc(-c2nc(SC[C@H]3CN(CC(C)C)CCO3)n[nH]2)cc1. The number of methoxy groups -OCH3 is 1. The van der Waals surface area contributed by atoms with Gasteiger partial charge in [0.1, 0.15) is 5.75 Å². The zero-order valence-corrected chi connectivity index (χ0v) is 15.9. The molecule has 2 aromatic rings. The third-order valence-corrected chi connectivity index (χ3v) is 5.05. The largest absolute Gasteiger partial charge is 0.497 e. The van der Waals surface area contributed by atoms with Crippen LogP contribution in [0, 0.1) is 5.92 Å². The van der Waals surface area contributed by atoms with Gasteiger partial charge in [-0.2, -0.15) is 0 Å². The lowest BCUT2D eigenvalue weighted by molar-refractivity contribution is -0.0191. The number of H-pyrrole nitrogens is 1. The molecule has 1 aliphatic rings. The maximum Gasteiger partial charge on any atom is 0.208 e. The number of hydrogen-bond acceptors (Lipinski definition) is 6. The molecule has 6 nitrogen and oxygen atoms in total. The summed E-state index contributed by atoms with van der Waals surface area (Å²) in [5.41, 5.74) is 0.997. The molecule has 0 amide bonds. The third kappa shape index (κ3) is 5.20. The Labute approximate surface area is 153 Å². The molecule has 1 aliphatic heterocycles. The van der Waals surface area contributed by atoms with Gasteiger partial charge >= 0.3 is 0 Å². The maximum atomic E-state index is 5.89. The van der Waals surface area contributed by atoms with Crippen LogP contribution in [-0.2, 0) is 4.74 Å². The average molecular weight is 362 g/mol. The van der Waals surface area contributed by atoms with Crippen LogP contribution in [0.3, 0.4) is 0 Å². The van der Waals surface area contributed by atoms with Crippen molar-refractivity contribution in [2.75, 3.05) is 39.1 Å². The lowest BCUT2D eigenvalue weighted by Crippen LogP contribution is -2.44. The molecule has 1 fully saturated rings. The summed E-state index contributed by atoms with van der Waals surface area (Å²) in [7, 11) is 1.66. The molecule has 0 radical (unpaired) electrons. The van der Waals surface area contributed by atoms with Crippen LogP contribution in [0.15, 0.2) is 29.4 Å². The van der Waals surface area contributed by atoms with Gasteiger partial charge in [0.25, 0.3) is 0 Å². The van der Waals surface area contributed by atoms with Crippen molar-refractivity contribution in [2.24, 2.45) is 5.92 Å². The molecule has 0 aliphatic carbocycles. The van der Waals surface area contributed by atoms with Crippen LogP contribution in [0.4, 0.5) is 0 Å². The quantitative estimate of drug-likeness (QED) is 0.764. The topological polar surface area (TPSA) is 63.3 Å². The zero-order valence-electron chi connectivity index (χ0n) is 15.1. The first-order valence-electron chi connectivity index (χ1n) is 8.67. The molecule has 0 unspecified atom stereocenters. The Balaban J connectivity index is 1.53. The Hall–Kier alpha value is -1.57. The molecule has 1 N–H and O–H groups in total. The standard InChI is InChI=1S/C18H26N4O2S/c1-13(2)10-22-8-9-24-16(11-22)12-25-18-19-17(20-21-18)14-4-6-15(23-3)7-5-14/h4-7,13,16H,8-12H2,1-3H3,(H,19,20,21)/t16-/m1/s1. The predicted molar refractivity (Wildman–Crippen MR) is 100 cm³/mol. The Morgan fingerprint density at radius 3 is 2.88 bits per heavy atom. The van der Waals surface area contributed by atoms with E-state index >= 15 is 0 Å². The third-order valence-electron chi connectivity index (χ3n) is 4.07. The molecule has 136 valence electrons. The van der Waals surface area contributed by atoms with Crippen LogP contribution in [0.1, 0.15) is 13.8 Å². The van der Waals surface area contributed by atoms with E-state index < -0.39 is 0 Å². The molecule has 25 heavy (non-hydrogen) atoms. The number of hydrogen-bond donors (Lipinski definition) is 1. The molecule has 0 saturated carbocycles. The van der Waals surface area contributed by atoms with Gasteiger partial charge in [-0.25, -0.2) is 4.98 Å². The van der Waals surface area contributed by atoms with E-state index in [0.29, 0.717) is 5.92 Å². The van der Waals surface area contributed by atoms with Crippen molar-refractivity contribution in [3.05, 3.63) is 24.3 Å². The highest BCUT2D eigenvalue weighted by Gasteiger charge is 2.21. The number of ether oxygens (including phenoxy) is 2. The van der Waals surface area contributed by atoms with E-state index in [2.05, 4.69) is 33.9 Å². The van der Waals surface area contributed by atoms with Crippen molar-refractivity contribution in [3.8, 4) is 17.1 Å². The summed E-state index contributed by atoms with van der Waals surface area (Å²) in [6.07, 6.45) is 0.237. The molecule has 7 heteroatoms. The van der Waals surface area contributed by atoms with Crippen LogP contribution >= 0.6 is 11.8 Å². The highest BCUT2D eigenvalue weighted by molar-refractivity contribution is 7.99. The van der Waals surface area contributed by atoms with Gasteiger partial charge in [0, 0.05) is 31.0 Å². The van der Waals surface area contributed by atoms with Gasteiger partial charge in [0.15, 0.2) is 5.82 Å². The van der Waals surface area contributed by atoms with Crippen LogP contribution in [0.5, 0.6) is 5.75 Å². The number of aromatic nitrogens is 3. The van der Waals surface area contributed by atoms with E-state index in [9.17, 15) is 0 Å². The molecule has 3 rings (SSSR count). The summed E-state index contributed by atoms with van der Waals surface area (Å²) in [6, 6.07) is 7.79. The van der Waals surface area contributed by atoms with Gasteiger partial charge in [-0.3, -0.25) is 10.00 Å². The first kappa shape index (κ1) is 18.2. The van der Waals surface area contributed by atoms with Crippen molar-refractivity contribution < 1.29 is 9.47 Å². The van der Waals surface area contributed by atoms with E-state index in [0.717, 1.165) is 54.3 Å². The molecule has 1 saturated heterocycles. The number of aromatic amines is 1. The van der Waals surface area contributed by atoms with Crippen molar-refractivity contribution >= 4 is 11.8 Å². The maximum absolute atomic E-state index is 5.89. The lowest BCUT2D eigenvalue weighted by Gasteiger charge is -2.33. The lowest BCUT2D eigenvalue weighted by atomic mass is 10.2. The molecule has 1 aromatic carbocycles. The van der Waals surface area contributed by atoms with Crippen LogP contribution in [0.25, 0.3) is 11.4 Å². The average Bonchev–Trinajstić information content (AvgIpc) is 3.09. The minimum atomic E-state index is 0.237. The second kappa shape index (κ2) is 8.69.